The number of amides is 1. The topological polar surface area (TPSA) is 38.3 Å². The first kappa shape index (κ1) is 12.0. The van der Waals surface area contributed by atoms with Gasteiger partial charge >= 0.3 is 0 Å². The van der Waals surface area contributed by atoms with Crippen molar-refractivity contribution in [1.82, 2.24) is 0 Å². The van der Waals surface area contributed by atoms with Crippen molar-refractivity contribution in [2.75, 3.05) is 5.32 Å². The van der Waals surface area contributed by atoms with E-state index in [0.29, 0.717) is 0 Å². The van der Waals surface area contributed by atoms with Gasteiger partial charge in [0.15, 0.2) is 0 Å². The largest absolute Gasteiger partial charge is 0.487 e. The van der Waals surface area contributed by atoms with E-state index in [1.807, 2.05) is 19.9 Å². The number of anilines is 1. The van der Waals surface area contributed by atoms with Crippen LogP contribution in [0, 0.1) is 13.8 Å². The van der Waals surface area contributed by atoms with Gasteiger partial charge in [0, 0.05) is 24.6 Å². The number of benzene rings is 1. The molecule has 0 unspecified atom stereocenters. The quantitative estimate of drug-likeness (QED) is 0.809. The molecule has 0 fully saturated rings. The van der Waals surface area contributed by atoms with Crippen LogP contribution in [0.4, 0.5) is 5.69 Å². The van der Waals surface area contributed by atoms with Crippen LogP contribution in [0.25, 0.3) is 0 Å². The molecule has 0 spiro atoms. The molecule has 0 aromatic heterocycles. The van der Waals surface area contributed by atoms with Crippen LogP contribution in [0.5, 0.6) is 5.75 Å². The van der Waals surface area contributed by atoms with Crippen LogP contribution in [0.3, 0.4) is 0 Å². The van der Waals surface area contributed by atoms with Crippen LogP contribution < -0.4 is 10.1 Å². The minimum Gasteiger partial charge on any atom is -0.487 e. The number of rotatable bonds is 1. The molecular formula is C14H19NO2. The molecule has 3 nitrogen and oxygen atoms in total. The molecule has 1 heterocycles. The molecule has 1 aliphatic rings. The average Bonchev–Trinajstić information content (AvgIpc) is 2.48. The molecule has 1 N–H and O–H groups in total. The van der Waals surface area contributed by atoms with Crippen molar-refractivity contribution in [1.29, 1.82) is 0 Å². The Bertz CT molecular complexity index is 489. The summed E-state index contributed by atoms with van der Waals surface area (Å²) < 4.78 is 5.95. The molecule has 92 valence electrons. The summed E-state index contributed by atoms with van der Waals surface area (Å²) in [6, 6.07) is 2.04. The zero-order valence-electron chi connectivity index (χ0n) is 11.1. The lowest BCUT2D eigenvalue weighted by molar-refractivity contribution is -0.114. The van der Waals surface area contributed by atoms with Crippen molar-refractivity contribution in [3.8, 4) is 5.75 Å². The summed E-state index contributed by atoms with van der Waals surface area (Å²) in [6.45, 7) is 9.75. The molecule has 1 amide bonds. The Labute approximate surface area is 102 Å². The Morgan fingerprint density at radius 3 is 2.59 bits per heavy atom. The summed E-state index contributed by atoms with van der Waals surface area (Å²) in [5, 5.41) is 2.88. The molecule has 2 rings (SSSR count). The van der Waals surface area contributed by atoms with E-state index >= 15 is 0 Å². The van der Waals surface area contributed by atoms with E-state index < -0.39 is 0 Å². The highest BCUT2D eigenvalue weighted by Gasteiger charge is 2.32. The van der Waals surface area contributed by atoms with E-state index in [9.17, 15) is 4.79 Å². The van der Waals surface area contributed by atoms with Gasteiger partial charge in [0.2, 0.25) is 5.91 Å². The molecule has 0 saturated carbocycles. The Balaban J connectivity index is 2.49. The van der Waals surface area contributed by atoms with Gasteiger partial charge in [-0.2, -0.15) is 0 Å². The summed E-state index contributed by atoms with van der Waals surface area (Å²) in [7, 11) is 0. The third-order valence-electron chi connectivity index (χ3n) is 3.22. The normalized spacial score (nSPS) is 16.3. The van der Waals surface area contributed by atoms with Crippen molar-refractivity contribution in [3.63, 3.8) is 0 Å². The number of carbonyl (C=O) groups excluding carboxylic acids is 1. The van der Waals surface area contributed by atoms with Crippen LogP contribution in [-0.4, -0.2) is 11.5 Å². The van der Waals surface area contributed by atoms with Crippen LogP contribution in [-0.2, 0) is 11.2 Å². The van der Waals surface area contributed by atoms with Crippen LogP contribution in [0.2, 0.25) is 0 Å². The molecule has 17 heavy (non-hydrogen) atoms. The lowest BCUT2D eigenvalue weighted by atomic mass is 9.97. The maximum Gasteiger partial charge on any atom is 0.221 e. The van der Waals surface area contributed by atoms with Crippen LogP contribution in [0.1, 0.15) is 37.5 Å². The van der Waals surface area contributed by atoms with Gasteiger partial charge < -0.3 is 10.1 Å². The van der Waals surface area contributed by atoms with E-state index in [1.54, 1.807) is 0 Å². The van der Waals surface area contributed by atoms with Crippen molar-refractivity contribution < 1.29 is 9.53 Å². The molecule has 0 aliphatic carbocycles. The Hall–Kier alpha value is -1.51. The number of ether oxygens (including phenoxy) is 1. The standard InChI is InChI=1S/C14H19NO2/c1-8-9(2)13-11(7-14(4,5)17-13)6-12(8)15-10(3)16/h6H,7H2,1-5H3,(H,15,16). The Morgan fingerprint density at radius 2 is 2.00 bits per heavy atom. The van der Waals surface area contributed by atoms with E-state index in [1.165, 1.54) is 12.5 Å². The maximum atomic E-state index is 11.2. The fourth-order valence-electron chi connectivity index (χ4n) is 2.33. The zero-order valence-corrected chi connectivity index (χ0v) is 11.1. The average molecular weight is 233 g/mol. The van der Waals surface area contributed by atoms with E-state index in [2.05, 4.69) is 19.2 Å². The minimum atomic E-state index is -0.144. The van der Waals surface area contributed by atoms with E-state index in [-0.39, 0.29) is 11.5 Å². The third-order valence-corrected chi connectivity index (χ3v) is 3.22. The van der Waals surface area contributed by atoms with Crippen molar-refractivity contribution in [2.45, 2.75) is 46.6 Å². The highest BCUT2D eigenvalue weighted by molar-refractivity contribution is 5.90. The van der Waals surface area contributed by atoms with Gasteiger partial charge in [0.25, 0.3) is 0 Å². The zero-order chi connectivity index (χ0) is 12.8. The fraction of sp³-hybridized carbons (Fsp3) is 0.500. The SMILES string of the molecule is CC(=O)Nc1cc2c(c(C)c1C)OC(C)(C)C2. The predicted octanol–water partition coefficient (Wildman–Crippen LogP) is 2.98. The molecule has 0 bridgehead atoms. The van der Waals surface area contributed by atoms with E-state index in [0.717, 1.165) is 29.0 Å². The third kappa shape index (κ3) is 2.14. The summed E-state index contributed by atoms with van der Waals surface area (Å²) in [5.74, 6) is 0.951. The molecule has 0 saturated heterocycles. The number of carbonyl (C=O) groups is 1. The first-order chi connectivity index (χ1) is 7.80. The van der Waals surface area contributed by atoms with Gasteiger partial charge in [-0.1, -0.05) is 0 Å². The Morgan fingerprint density at radius 1 is 1.35 bits per heavy atom. The van der Waals surface area contributed by atoms with Gasteiger partial charge in [0.05, 0.1) is 0 Å². The van der Waals surface area contributed by atoms with Gasteiger partial charge in [-0.25, -0.2) is 0 Å². The predicted molar refractivity (Wildman–Crippen MR) is 68.6 cm³/mol. The Kier molecular flexibility index (Phi) is 2.64. The first-order valence-electron chi connectivity index (χ1n) is 5.90. The monoisotopic (exact) mass is 233 g/mol. The van der Waals surface area contributed by atoms with Gasteiger partial charge in [-0.15, -0.1) is 0 Å². The summed E-state index contributed by atoms with van der Waals surface area (Å²) in [5.41, 5.74) is 4.14. The van der Waals surface area contributed by atoms with Gasteiger partial charge in [-0.3, -0.25) is 4.79 Å². The van der Waals surface area contributed by atoms with Crippen LogP contribution >= 0.6 is 0 Å². The summed E-state index contributed by atoms with van der Waals surface area (Å²) in [4.78, 5) is 11.2. The molecule has 1 aromatic carbocycles. The lowest BCUT2D eigenvalue weighted by Gasteiger charge is -2.18. The maximum absolute atomic E-state index is 11.2. The van der Waals surface area contributed by atoms with Crippen LogP contribution in [0.15, 0.2) is 6.07 Å². The highest BCUT2D eigenvalue weighted by Crippen LogP contribution is 2.41. The van der Waals surface area contributed by atoms with Crippen molar-refractivity contribution in [3.05, 3.63) is 22.8 Å². The summed E-state index contributed by atoms with van der Waals surface area (Å²) >= 11 is 0. The van der Waals surface area contributed by atoms with Crippen molar-refractivity contribution in [2.24, 2.45) is 0 Å². The molecule has 1 aromatic rings. The number of fused-ring (bicyclic) bond motifs is 1. The second-order valence-electron chi connectivity index (χ2n) is 5.38. The summed E-state index contributed by atoms with van der Waals surface area (Å²) in [6.07, 6.45) is 0.885. The van der Waals surface area contributed by atoms with Gasteiger partial charge in [-0.05, 0) is 44.9 Å². The fourth-order valence-corrected chi connectivity index (χ4v) is 2.33. The molecular weight excluding hydrogens is 214 g/mol. The molecule has 0 radical (unpaired) electrons. The van der Waals surface area contributed by atoms with Crippen molar-refractivity contribution >= 4 is 11.6 Å². The number of nitrogens with one attached hydrogen (secondary N) is 1. The second kappa shape index (κ2) is 3.76. The van der Waals surface area contributed by atoms with E-state index in [4.69, 9.17) is 4.74 Å². The second-order valence-corrected chi connectivity index (χ2v) is 5.38. The first-order valence-corrected chi connectivity index (χ1v) is 5.90. The molecule has 1 aliphatic heterocycles. The number of hydrogen-bond donors (Lipinski definition) is 1. The van der Waals surface area contributed by atoms with Gasteiger partial charge in [0.1, 0.15) is 11.4 Å². The number of hydrogen-bond acceptors (Lipinski definition) is 2. The lowest BCUT2D eigenvalue weighted by Crippen LogP contribution is -2.24. The highest BCUT2D eigenvalue weighted by atomic mass is 16.5. The smallest absolute Gasteiger partial charge is 0.221 e. The molecule has 3 heteroatoms. The molecule has 0 atom stereocenters. The minimum absolute atomic E-state index is 0.0365.